The lowest BCUT2D eigenvalue weighted by atomic mass is 9.95. The Hall–Kier alpha value is -3.02. The Labute approximate surface area is 157 Å². The fraction of sp³-hybridized carbons (Fsp3) is 0.333. The third-order valence-corrected chi connectivity index (χ3v) is 5.29. The van der Waals surface area contributed by atoms with Crippen molar-refractivity contribution in [3.05, 3.63) is 60.2 Å². The number of aromatic nitrogens is 1. The Kier molecular flexibility index (Phi) is 4.96. The zero-order chi connectivity index (χ0) is 18.6. The van der Waals surface area contributed by atoms with Gasteiger partial charge in [0.05, 0.1) is 11.8 Å². The van der Waals surface area contributed by atoms with Crippen molar-refractivity contribution in [1.29, 1.82) is 0 Å². The number of rotatable bonds is 5. The van der Waals surface area contributed by atoms with E-state index < -0.39 is 0 Å². The van der Waals surface area contributed by atoms with Gasteiger partial charge in [0.1, 0.15) is 6.26 Å². The van der Waals surface area contributed by atoms with Crippen LogP contribution >= 0.6 is 0 Å². The summed E-state index contributed by atoms with van der Waals surface area (Å²) in [5.74, 6) is 0.0357. The molecule has 2 amide bonds. The SMILES string of the molecule is O=C(NCCc1c[nH]c2ccccc12)C1CCN(C(=O)c2ccoc2)CC1. The number of hydrogen-bond donors (Lipinski definition) is 2. The minimum absolute atomic E-state index is 0.0260. The summed E-state index contributed by atoms with van der Waals surface area (Å²) >= 11 is 0. The van der Waals surface area contributed by atoms with Crippen molar-refractivity contribution in [2.75, 3.05) is 19.6 Å². The van der Waals surface area contributed by atoms with Gasteiger partial charge >= 0.3 is 0 Å². The standard InChI is InChI=1S/C21H23N3O3/c25-20(22-9-5-16-13-23-19-4-2-1-3-18(16)19)15-6-10-24(11-7-15)21(26)17-8-12-27-14-17/h1-4,8,12-15,23H,5-7,9-11H2,(H,22,25). The van der Waals surface area contributed by atoms with E-state index >= 15 is 0 Å². The maximum absolute atomic E-state index is 12.5. The average molecular weight is 365 g/mol. The lowest BCUT2D eigenvalue weighted by Crippen LogP contribution is -2.43. The Balaban J connectivity index is 1.24. The summed E-state index contributed by atoms with van der Waals surface area (Å²) < 4.78 is 4.97. The van der Waals surface area contributed by atoms with Gasteiger partial charge < -0.3 is 19.6 Å². The van der Waals surface area contributed by atoms with Crippen LogP contribution in [0.3, 0.4) is 0 Å². The molecule has 0 unspecified atom stereocenters. The number of carbonyl (C=O) groups excluding carboxylic acids is 2. The molecular formula is C21H23N3O3. The second kappa shape index (κ2) is 7.70. The van der Waals surface area contributed by atoms with E-state index in [0.717, 1.165) is 11.9 Å². The van der Waals surface area contributed by atoms with Crippen LogP contribution in [-0.4, -0.2) is 41.3 Å². The molecule has 0 aliphatic carbocycles. The highest BCUT2D eigenvalue weighted by Gasteiger charge is 2.27. The average Bonchev–Trinajstić information content (AvgIpc) is 3.38. The molecule has 1 fully saturated rings. The number of aromatic amines is 1. The molecule has 0 spiro atoms. The zero-order valence-electron chi connectivity index (χ0n) is 15.1. The molecular weight excluding hydrogens is 342 g/mol. The van der Waals surface area contributed by atoms with E-state index in [0.29, 0.717) is 38.0 Å². The summed E-state index contributed by atoms with van der Waals surface area (Å²) in [5.41, 5.74) is 2.90. The van der Waals surface area contributed by atoms with E-state index in [2.05, 4.69) is 22.4 Å². The van der Waals surface area contributed by atoms with Crippen molar-refractivity contribution in [2.24, 2.45) is 5.92 Å². The first kappa shape index (κ1) is 17.4. The van der Waals surface area contributed by atoms with Gasteiger partial charge in [-0.2, -0.15) is 0 Å². The number of furan rings is 1. The molecule has 0 radical (unpaired) electrons. The van der Waals surface area contributed by atoms with Gasteiger partial charge in [0.25, 0.3) is 5.91 Å². The largest absolute Gasteiger partial charge is 0.472 e. The number of nitrogens with one attached hydrogen (secondary N) is 2. The van der Waals surface area contributed by atoms with Crippen molar-refractivity contribution in [1.82, 2.24) is 15.2 Å². The van der Waals surface area contributed by atoms with E-state index in [1.54, 1.807) is 11.0 Å². The summed E-state index contributed by atoms with van der Waals surface area (Å²) in [7, 11) is 0. The van der Waals surface area contributed by atoms with Gasteiger partial charge in [0.2, 0.25) is 5.91 Å². The van der Waals surface area contributed by atoms with Crippen LogP contribution in [0.1, 0.15) is 28.8 Å². The fourth-order valence-corrected chi connectivity index (χ4v) is 3.72. The van der Waals surface area contributed by atoms with Crippen LogP contribution in [-0.2, 0) is 11.2 Å². The van der Waals surface area contributed by atoms with Crippen LogP contribution in [0.25, 0.3) is 10.9 Å². The van der Waals surface area contributed by atoms with Gasteiger partial charge in [0, 0.05) is 42.7 Å². The van der Waals surface area contributed by atoms with E-state index in [1.165, 1.54) is 23.5 Å². The van der Waals surface area contributed by atoms with Crippen LogP contribution in [0.2, 0.25) is 0 Å². The predicted molar refractivity (Wildman–Crippen MR) is 102 cm³/mol. The van der Waals surface area contributed by atoms with Crippen LogP contribution in [0.5, 0.6) is 0 Å². The van der Waals surface area contributed by atoms with Crippen molar-refractivity contribution >= 4 is 22.7 Å². The van der Waals surface area contributed by atoms with Crippen molar-refractivity contribution in [2.45, 2.75) is 19.3 Å². The summed E-state index contributed by atoms with van der Waals surface area (Å²) in [6.45, 7) is 1.82. The molecule has 1 aliphatic rings. The molecule has 1 aliphatic heterocycles. The quantitative estimate of drug-likeness (QED) is 0.730. The Morgan fingerprint density at radius 3 is 2.78 bits per heavy atom. The third kappa shape index (κ3) is 3.74. The second-order valence-corrected chi connectivity index (χ2v) is 6.98. The van der Waals surface area contributed by atoms with Crippen LogP contribution < -0.4 is 5.32 Å². The summed E-state index contributed by atoms with van der Waals surface area (Å²) in [4.78, 5) is 29.8. The molecule has 0 atom stereocenters. The van der Waals surface area contributed by atoms with Crippen LogP contribution in [0.4, 0.5) is 0 Å². The summed E-state index contributed by atoms with van der Waals surface area (Å²) in [5, 5.41) is 4.26. The van der Waals surface area contributed by atoms with Crippen molar-refractivity contribution in [3.63, 3.8) is 0 Å². The first-order valence-corrected chi connectivity index (χ1v) is 9.36. The second-order valence-electron chi connectivity index (χ2n) is 6.98. The number of nitrogens with zero attached hydrogens (tertiary/aromatic N) is 1. The first-order valence-electron chi connectivity index (χ1n) is 9.36. The molecule has 3 heterocycles. The molecule has 0 bridgehead atoms. The number of amides is 2. The monoisotopic (exact) mass is 365 g/mol. The number of hydrogen-bond acceptors (Lipinski definition) is 3. The number of H-pyrrole nitrogens is 1. The number of carbonyl (C=O) groups is 2. The lowest BCUT2D eigenvalue weighted by Gasteiger charge is -2.31. The number of benzene rings is 1. The smallest absolute Gasteiger partial charge is 0.257 e. The maximum atomic E-state index is 12.5. The molecule has 6 nitrogen and oxygen atoms in total. The topological polar surface area (TPSA) is 78.3 Å². The van der Waals surface area contributed by atoms with E-state index in [9.17, 15) is 9.59 Å². The number of piperidine rings is 1. The number of fused-ring (bicyclic) bond motifs is 1. The van der Waals surface area contributed by atoms with E-state index in [4.69, 9.17) is 4.42 Å². The fourth-order valence-electron chi connectivity index (χ4n) is 3.72. The highest BCUT2D eigenvalue weighted by Crippen LogP contribution is 2.20. The Morgan fingerprint density at radius 1 is 1.19 bits per heavy atom. The minimum Gasteiger partial charge on any atom is -0.472 e. The van der Waals surface area contributed by atoms with Gasteiger partial charge in [-0.05, 0) is 37.0 Å². The van der Waals surface area contributed by atoms with Gasteiger partial charge in [-0.25, -0.2) is 0 Å². The van der Waals surface area contributed by atoms with Gasteiger partial charge in [-0.3, -0.25) is 9.59 Å². The molecule has 1 saturated heterocycles. The molecule has 6 heteroatoms. The van der Waals surface area contributed by atoms with Crippen molar-refractivity contribution in [3.8, 4) is 0 Å². The van der Waals surface area contributed by atoms with Gasteiger partial charge in [-0.1, -0.05) is 18.2 Å². The van der Waals surface area contributed by atoms with Crippen LogP contribution in [0, 0.1) is 5.92 Å². The van der Waals surface area contributed by atoms with E-state index in [1.807, 2.05) is 18.3 Å². The number of likely N-dealkylation sites (tertiary alicyclic amines) is 1. The van der Waals surface area contributed by atoms with E-state index in [-0.39, 0.29) is 17.7 Å². The zero-order valence-corrected chi connectivity index (χ0v) is 15.1. The molecule has 27 heavy (non-hydrogen) atoms. The van der Waals surface area contributed by atoms with Crippen LogP contribution in [0.15, 0.2) is 53.5 Å². The molecule has 4 rings (SSSR count). The highest BCUT2D eigenvalue weighted by molar-refractivity contribution is 5.94. The Morgan fingerprint density at radius 2 is 2.00 bits per heavy atom. The van der Waals surface area contributed by atoms with Gasteiger partial charge in [-0.15, -0.1) is 0 Å². The Bertz CT molecular complexity index is 921. The summed E-state index contributed by atoms with van der Waals surface area (Å²) in [6, 6.07) is 9.85. The van der Waals surface area contributed by atoms with Gasteiger partial charge in [0.15, 0.2) is 0 Å². The molecule has 2 aromatic heterocycles. The maximum Gasteiger partial charge on any atom is 0.257 e. The molecule has 0 saturated carbocycles. The predicted octanol–water partition coefficient (Wildman–Crippen LogP) is 2.97. The summed E-state index contributed by atoms with van der Waals surface area (Å²) in [6.07, 6.45) is 7.17. The molecule has 140 valence electrons. The third-order valence-electron chi connectivity index (χ3n) is 5.29. The number of para-hydroxylation sites is 1. The molecule has 3 aromatic rings. The molecule has 2 N–H and O–H groups in total. The normalized spacial score (nSPS) is 15.2. The van der Waals surface area contributed by atoms with Crippen molar-refractivity contribution < 1.29 is 14.0 Å². The molecule has 1 aromatic carbocycles. The highest BCUT2D eigenvalue weighted by atomic mass is 16.3. The first-order chi connectivity index (χ1) is 13.2. The minimum atomic E-state index is -0.0265. The lowest BCUT2D eigenvalue weighted by molar-refractivity contribution is -0.126.